The van der Waals surface area contributed by atoms with Crippen molar-refractivity contribution in [2.45, 2.75) is 44.3 Å². The second-order valence-electron chi connectivity index (χ2n) is 5.74. The number of benzene rings is 1. The fraction of sp³-hybridized carbons (Fsp3) is 0.533. The van der Waals surface area contributed by atoms with Crippen LogP contribution in [-0.2, 0) is 4.79 Å². The summed E-state index contributed by atoms with van der Waals surface area (Å²) in [6, 6.07) is 3.43. The molecule has 0 aliphatic carbocycles. The fourth-order valence-electron chi connectivity index (χ4n) is 3.96. The van der Waals surface area contributed by atoms with Gasteiger partial charge in [0.2, 0.25) is 0 Å². The molecule has 2 aliphatic rings. The van der Waals surface area contributed by atoms with Crippen LogP contribution in [0.4, 0.5) is 8.78 Å². The van der Waals surface area contributed by atoms with Crippen LogP contribution in [-0.4, -0.2) is 28.1 Å². The van der Waals surface area contributed by atoms with Gasteiger partial charge in [0.05, 0.1) is 5.92 Å². The van der Waals surface area contributed by atoms with Crippen molar-refractivity contribution in [2.75, 3.05) is 0 Å². The minimum Gasteiger partial charge on any atom is -0.481 e. The number of rotatable bonds is 3. The first-order chi connectivity index (χ1) is 9.50. The zero-order chi connectivity index (χ0) is 14.4. The van der Waals surface area contributed by atoms with Gasteiger partial charge in [-0.25, -0.2) is 8.78 Å². The summed E-state index contributed by atoms with van der Waals surface area (Å²) in [5.41, 5.74) is 0.0513. The number of halogens is 2. The van der Waals surface area contributed by atoms with E-state index in [4.69, 9.17) is 0 Å². The van der Waals surface area contributed by atoms with Gasteiger partial charge in [-0.3, -0.25) is 9.69 Å². The van der Waals surface area contributed by atoms with Crippen molar-refractivity contribution < 1.29 is 18.7 Å². The lowest BCUT2D eigenvalue weighted by Gasteiger charge is -2.30. The maximum Gasteiger partial charge on any atom is 0.308 e. The Morgan fingerprint density at radius 3 is 2.55 bits per heavy atom. The number of carbonyl (C=O) groups is 1. The molecule has 2 heterocycles. The summed E-state index contributed by atoms with van der Waals surface area (Å²) in [4.78, 5) is 13.3. The van der Waals surface area contributed by atoms with E-state index >= 15 is 0 Å². The lowest BCUT2D eigenvalue weighted by atomic mass is 9.89. The van der Waals surface area contributed by atoms with E-state index in [9.17, 15) is 18.7 Å². The summed E-state index contributed by atoms with van der Waals surface area (Å²) in [6.45, 7) is 1.76. The highest BCUT2D eigenvalue weighted by molar-refractivity contribution is 5.71. The average molecular weight is 281 g/mol. The molecule has 108 valence electrons. The van der Waals surface area contributed by atoms with Crippen molar-refractivity contribution in [3.05, 3.63) is 35.4 Å². The number of hydrogen-bond acceptors (Lipinski definition) is 2. The van der Waals surface area contributed by atoms with E-state index in [1.807, 2.05) is 4.90 Å². The van der Waals surface area contributed by atoms with E-state index in [1.165, 1.54) is 18.2 Å². The van der Waals surface area contributed by atoms with Crippen LogP contribution < -0.4 is 0 Å². The third-order valence-corrected chi connectivity index (χ3v) is 4.77. The van der Waals surface area contributed by atoms with Crippen molar-refractivity contribution in [3.63, 3.8) is 0 Å². The molecular weight excluding hydrogens is 264 g/mol. The monoisotopic (exact) mass is 281 g/mol. The molecule has 2 fully saturated rings. The molecule has 1 N–H and O–H groups in total. The Morgan fingerprint density at radius 1 is 1.35 bits per heavy atom. The summed E-state index contributed by atoms with van der Waals surface area (Å²) < 4.78 is 27.8. The molecule has 1 aromatic rings. The van der Waals surface area contributed by atoms with Gasteiger partial charge in [-0.1, -0.05) is 6.07 Å². The van der Waals surface area contributed by atoms with Gasteiger partial charge in [-0.05, 0) is 38.3 Å². The number of aliphatic carboxylic acids is 1. The summed E-state index contributed by atoms with van der Waals surface area (Å²) in [7, 11) is 0. The number of carboxylic acids is 1. The largest absolute Gasteiger partial charge is 0.481 e. The van der Waals surface area contributed by atoms with Gasteiger partial charge in [-0.15, -0.1) is 0 Å². The number of carboxylic acid groups (broad SMARTS) is 1. The first kappa shape index (κ1) is 13.5. The Bertz CT molecular complexity index is 528. The van der Waals surface area contributed by atoms with Gasteiger partial charge in [0.15, 0.2) is 0 Å². The molecule has 2 saturated heterocycles. The Balaban J connectivity index is 1.92. The van der Waals surface area contributed by atoms with Crippen LogP contribution in [0.1, 0.15) is 37.8 Å². The molecule has 20 heavy (non-hydrogen) atoms. The summed E-state index contributed by atoms with van der Waals surface area (Å²) in [5.74, 6) is -2.33. The SMILES string of the molecule is CC(c1c(F)cccc1F)N1C2CCC1C(C(=O)O)C2. The standard InChI is InChI=1S/C15H17F2NO2/c1-8(14-11(16)3-2-4-12(14)17)18-9-5-6-13(18)10(7-9)15(19)20/h2-4,8-10,13H,5-7H2,1H3,(H,19,20). The Kier molecular flexibility index (Phi) is 3.24. The van der Waals surface area contributed by atoms with Crippen molar-refractivity contribution in [1.29, 1.82) is 0 Å². The zero-order valence-corrected chi connectivity index (χ0v) is 11.2. The van der Waals surface area contributed by atoms with Crippen LogP contribution in [0.25, 0.3) is 0 Å². The van der Waals surface area contributed by atoms with Crippen LogP contribution in [0.5, 0.6) is 0 Å². The van der Waals surface area contributed by atoms with E-state index < -0.39 is 29.6 Å². The minimum absolute atomic E-state index is 0.0513. The third kappa shape index (κ3) is 1.92. The fourth-order valence-corrected chi connectivity index (χ4v) is 3.96. The minimum atomic E-state index is -0.802. The lowest BCUT2D eigenvalue weighted by Crippen LogP contribution is -2.35. The molecule has 0 spiro atoms. The first-order valence-corrected chi connectivity index (χ1v) is 6.95. The van der Waals surface area contributed by atoms with Gasteiger partial charge in [0.25, 0.3) is 0 Å². The molecule has 5 heteroatoms. The number of hydrogen-bond donors (Lipinski definition) is 1. The van der Waals surface area contributed by atoms with Gasteiger partial charge in [0, 0.05) is 23.7 Å². The van der Waals surface area contributed by atoms with E-state index in [1.54, 1.807) is 6.92 Å². The van der Waals surface area contributed by atoms with Crippen LogP contribution in [0, 0.1) is 17.6 Å². The summed E-state index contributed by atoms with van der Waals surface area (Å²) >= 11 is 0. The molecule has 4 atom stereocenters. The van der Waals surface area contributed by atoms with Crippen molar-refractivity contribution in [3.8, 4) is 0 Å². The molecule has 0 amide bonds. The Labute approximate surface area is 116 Å². The number of nitrogens with zero attached hydrogens (tertiary/aromatic N) is 1. The molecule has 4 unspecified atom stereocenters. The van der Waals surface area contributed by atoms with Crippen molar-refractivity contribution >= 4 is 5.97 Å². The summed E-state index contributed by atoms with van der Waals surface area (Å²) in [5, 5.41) is 9.24. The lowest BCUT2D eigenvalue weighted by molar-refractivity contribution is -0.142. The molecule has 3 rings (SSSR count). The highest BCUT2D eigenvalue weighted by Crippen LogP contribution is 2.46. The average Bonchev–Trinajstić information content (AvgIpc) is 2.95. The van der Waals surface area contributed by atoms with Crippen LogP contribution in [0.15, 0.2) is 18.2 Å². The quantitative estimate of drug-likeness (QED) is 0.926. The maximum atomic E-state index is 13.9. The molecule has 0 radical (unpaired) electrons. The second kappa shape index (κ2) is 4.81. The second-order valence-corrected chi connectivity index (χ2v) is 5.74. The predicted molar refractivity (Wildman–Crippen MR) is 69.2 cm³/mol. The molecule has 3 nitrogen and oxygen atoms in total. The topological polar surface area (TPSA) is 40.5 Å². The number of fused-ring (bicyclic) bond motifs is 2. The normalized spacial score (nSPS) is 30.6. The molecular formula is C15H17F2NO2. The van der Waals surface area contributed by atoms with Gasteiger partial charge in [0.1, 0.15) is 11.6 Å². The Hall–Kier alpha value is -1.49. The Morgan fingerprint density at radius 2 is 2.00 bits per heavy atom. The molecule has 0 saturated carbocycles. The molecule has 2 bridgehead atoms. The molecule has 1 aromatic carbocycles. The maximum absolute atomic E-state index is 13.9. The highest BCUT2D eigenvalue weighted by atomic mass is 19.1. The first-order valence-electron chi connectivity index (χ1n) is 6.95. The third-order valence-electron chi connectivity index (χ3n) is 4.77. The van der Waals surface area contributed by atoms with Crippen LogP contribution >= 0.6 is 0 Å². The van der Waals surface area contributed by atoms with Gasteiger partial charge in [-0.2, -0.15) is 0 Å². The van der Waals surface area contributed by atoms with Crippen molar-refractivity contribution in [2.24, 2.45) is 5.92 Å². The molecule has 0 aromatic heterocycles. The van der Waals surface area contributed by atoms with E-state index in [0.717, 1.165) is 12.8 Å². The smallest absolute Gasteiger partial charge is 0.308 e. The predicted octanol–water partition coefficient (Wildman–Crippen LogP) is 2.96. The van der Waals surface area contributed by atoms with E-state index in [2.05, 4.69) is 0 Å². The zero-order valence-electron chi connectivity index (χ0n) is 11.2. The highest BCUT2D eigenvalue weighted by Gasteiger charge is 2.51. The van der Waals surface area contributed by atoms with Gasteiger partial charge < -0.3 is 5.11 Å². The summed E-state index contributed by atoms with van der Waals surface area (Å²) in [6.07, 6.45) is 2.29. The van der Waals surface area contributed by atoms with Crippen LogP contribution in [0.3, 0.4) is 0 Å². The van der Waals surface area contributed by atoms with E-state index in [0.29, 0.717) is 6.42 Å². The van der Waals surface area contributed by atoms with E-state index in [-0.39, 0.29) is 17.6 Å². The van der Waals surface area contributed by atoms with Crippen LogP contribution in [0.2, 0.25) is 0 Å². The van der Waals surface area contributed by atoms with Gasteiger partial charge >= 0.3 is 5.97 Å². The molecule has 2 aliphatic heterocycles. The van der Waals surface area contributed by atoms with Crippen molar-refractivity contribution in [1.82, 2.24) is 4.90 Å².